The summed E-state index contributed by atoms with van der Waals surface area (Å²) in [5.41, 5.74) is 1.42. The summed E-state index contributed by atoms with van der Waals surface area (Å²) in [6.45, 7) is 2.73. The van der Waals surface area contributed by atoms with E-state index >= 15 is 0 Å². The molecular weight excluding hydrogens is 271 g/mol. The molecule has 0 radical (unpaired) electrons. The number of aliphatic hydroxyl groups excluding tert-OH is 1. The van der Waals surface area contributed by atoms with Crippen molar-refractivity contribution in [2.45, 2.75) is 13.5 Å². The SMILES string of the molecule is CNC(=O)C(C)CN(C)Cc1ccc(F)cc1C#CCO. The van der Waals surface area contributed by atoms with Gasteiger partial charge in [0.15, 0.2) is 0 Å². The molecule has 0 aliphatic rings. The summed E-state index contributed by atoms with van der Waals surface area (Å²) in [6.07, 6.45) is 0. The van der Waals surface area contributed by atoms with Crippen LogP contribution in [0.4, 0.5) is 4.39 Å². The van der Waals surface area contributed by atoms with Crippen LogP contribution in [0.15, 0.2) is 18.2 Å². The number of halogens is 1. The van der Waals surface area contributed by atoms with Gasteiger partial charge in [0.05, 0.1) is 0 Å². The molecule has 0 bridgehead atoms. The first-order valence-corrected chi connectivity index (χ1v) is 6.76. The van der Waals surface area contributed by atoms with Crippen LogP contribution >= 0.6 is 0 Å². The molecule has 0 aliphatic carbocycles. The summed E-state index contributed by atoms with van der Waals surface area (Å²) < 4.78 is 13.3. The number of hydrogen-bond acceptors (Lipinski definition) is 3. The second-order valence-electron chi connectivity index (χ2n) is 4.97. The number of rotatable bonds is 5. The monoisotopic (exact) mass is 292 g/mol. The minimum absolute atomic E-state index is 0.0127. The molecule has 0 heterocycles. The van der Waals surface area contributed by atoms with Gasteiger partial charge in [-0.25, -0.2) is 4.39 Å². The summed E-state index contributed by atoms with van der Waals surface area (Å²) >= 11 is 0. The normalized spacial score (nSPS) is 11.7. The molecule has 0 fully saturated rings. The van der Waals surface area contributed by atoms with Gasteiger partial charge in [-0.15, -0.1) is 0 Å². The topological polar surface area (TPSA) is 52.6 Å². The zero-order valence-corrected chi connectivity index (χ0v) is 12.6. The fourth-order valence-electron chi connectivity index (χ4n) is 2.09. The molecule has 21 heavy (non-hydrogen) atoms. The second-order valence-corrected chi connectivity index (χ2v) is 4.97. The van der Waals surface area contributed by atoms with E-state index in [0.29, 0.717) is 18.7 Å². The second kappa shape index (κ2) is 8.40. The Balaban J connectivity index is 2.80. The Morgan fingerprint density at radius 2 is 2.24 bits per heavy atom. The van der Waals surface area contributed by atoms with E-state index in [9.17, 15) is 9.18 Å². The lowest BCUT2D eigenvalue weighted by Crippen LogP contribution is -2.34. The third kappa shape index (κ3) is 5.54. The van der Waals surface area contributed by atoms with Crippen molar-refractivity contribution in [1.82, 2.24) is 10.2 Å². The average Bonchev–Trinajstić information content (AvgIpc) is 2.46. The van der Waals surface area contributed by atoms with Crippen LogP contribution in [0.1, 0.15) is 18.1 Å². The molecule has 1 rings (SSSR count). The van der Waals surface area contributed by atoms with E-state index in [4.69, 9.17) is 5.11 Å². The molecule has 1 unspecified atom stereocenters. The molecule has 114 valence electrons. The lowest BCUT2D eigenvalue weighted by molar-refractivity contribution is -0.124. The largest absolute Gasteiger partial charge is 0.384 e. The zero-order chi connectivity index (χ0) is 15.8. The number of nitrogens with zero attached hydrogens (tertiary/aromatic N) is 1. The molecule has 1 atom stereocenters. The molecule has 0 aromatic heterocycles. The number of benzene rings is 1. The van der Waals surface area contributed by atoms with Crippen molar-refractivity contribution in [1.29, 1.82) is 0 Å². The fraction of sp³-hybridized carbons (Fsp3) is 0.438. The lowest BCUT2D eigenvalue weighted by Gasteiger charge is -2.21. The Morgan fingerprint density at radius 1 is 1.52 bits per heavy atom. The van der Waals surface area contributed by atoms with E-state index < -0.39 is 0 Å². The maximum absolute atomic E-state index is 13.3. The summed E-state index contributed by atoms with van der Waals surface area (Å²) in [7, 11) is 3.51. The Morgan fingerprint density at radius 3 is 2.86 bits per heavy atom. The molecule has 4 nitrogen and oxygen atoms in total. The van der Waals surface area contributed by atoms with Gasteiger partial charge in [0, 0.05) is 31.6 Å². The molecule has 1 amide bonds. The molecule has 5 heteroatoms. The quantitative estimate of drug-likeness (QED) is 0.796. The highest BCUT2D eigenvalue weighted by molar-refractivity contribution is 5.78. The van der Waals surface area contributed by atoms with Crippen LogP contribution < -0.4 is 5.32 Å². The van der Waals surface area contributed by atoms with E-state index in [2.05, 4.69) is 17.2 Å². The van der Waals surface area contributed by atoms with Gasteiger partial charge in [0.2, 0.25) is 5.91 Å². The van der Waals surface area contributed by atoms with Crippen LogP contribution in [0.25, 0.3) is 0 Å². The van der Waals surface area contributed by atoms with Crippen molar-refractivity contribution in [3.8, 4) is 11.8 Å². The lowest BCUT2D eigenvalue weighted by atomic mass is 10.1. The van der Waals surface area contributed by atoms with Crippen molar-refractivity contribution in [3.63, 3.8) is 0 Å². The van der Waals surface area contributed by atoms with Crippen molar-refractivity contribution in [3.05, 3.63) is 35.1 Å². The molecule has 0 saturated carbocycles. The van der Waals surface area contributed by atoms with Gasteiger partial charge in [-0.2, -0.15) is 0 Å². The first-order valence-electron chi connectivity index (χ1n) is 6.76. The maximum atomic E-state index is 13.3. The standard InChI is InChI=1S/C16H21FN2O2/c1-12(16(21)18-2)10-19(3)11-14-6-7-15(17)9-13(14)5-4-8-20/h6-7,9,12,20H,8,10-11H2,1-3H3,(H,18,21). The maximum Gasteiger partial charge on any atom is 0.223 e. The first-order chi connectivity index (χ1) is 9.97. The molecule has 0 aliphatic heterocycles. The summed E-state index contributed by atoms with van der Waals surface area (Å²) in [5, 5.41) is 11.4. The Hall–Kier alpha value is -1.90. The highest BCUT2D eigenvalue weighted by atomic mass is 19.1. The van der Waals surface area contributed by atoms with Crippen LogP contribution in [-0.4, -0.2) is 43.2 Å². The number of nitrogens with one attached hydrogen (secondary N) is 1. The Kier molecular flexibility index (Phi) is 6.86. The van der Waals surface area contributed by atoms with Gasteiger partial charge in [-0.1, -0.05) is 24.8 Å². The van der Waals surface area contributed by atoms with E-state index in [1.807, 2.05) is 18.9 Å². The van der Waals surface area contributed by atoms with Crippen LogP contribution in [0.5, 0.6) is 0 Å². The molecule has 2 N–H and O–H groups in total. The third-order valence-electron chi connectivity index (χ3n) is 3.09. The number of hydrogen-bond donors (Lipinski definition) is 2. The number of amides is 1. The molecule has 0 saturated heterocycles. The Labute approximate surface area is 125 Å². The van der Waals surface area contributed by atoms with Crippen LogP contribution in [-0.2, 0) is 11.3 Å². The van der Waals surface area contributed by atoms with E-state index in [-0.39, 0.29) is 24.2 Å². The zero-order valence-electron chi connectivity index (χ0n) is 12.6. The van der Waals surface area contributed by atoms with Crippen molar-refractivity contribution in [2.75, 3.05) is 27.2 Å². The summed E-state index contributed by atoms with van der Waals surface area (Å²) in [4.78, 5) is 13.5. The average molecular weight is 292 g/mol. The highest BCUT2D eigenvalue weighted by Crippen LogP contribution is 2.13. The van der Waals surface area contributed by atoms with Crippen molar-refractivity contribution in [2.24, 2.45) is 5.92 Å². The predicted octanol–water partition coefficient (Wildman–Crippen LogP) is 0.983. The minimum Gasteiger partial charge on any atom is -0.384 e. The van der Waals surface area contributed by atoms with Gasteiger partial charge >= 0.3 is 0 Å². The molecule has 1 aromatic carbocycles. The van der Waals surface area contributed by atoms with Crippen LogP contribution in [0.2, 0.25) is 0 Å². The number of carbonyl (C=O) groups is 1. The fourth-order valence-corrected chi connectivity index (χ4v) is 2.09. The predicted molar refractivity (Wildman–Crippen MR) is 79.9 cm³/mol. The van der Waals surface area contributed by atoms with Gasteiger partial charge in [0.1, 0.15) is 12.4 Å². The number of carbonyl (C=O) groups excluding carboxylic acids is 1. The minimum atomic E-state index is -0.359. The smallest absolute Gasteiger partial charge is 0.223 e. The van der Waals surface area contributed by atoms with Crippen molar-refractivity contribution >= 4 is 5.91 Å². The van der Waals surface area contributed by atoms with Crippen LogP contribution in [0, 0.1) is 23.6 Å². The van der Waals surface area contributed by atoms with Gasteiger partial charge < -0.3 is 15.3 Å². The summed E-state index contributed by atoms with van der Waals surface area (Å²) in [6, 6.07) is 4.42. The molecule has 0 spiro atoms. The third-order valence-corrected chi connectivity index (χ3v) is 3.09. The van der Waals surface area contributed by atoms with E-state index in [1.54, 1.807) is 13.1 Å². The van der Waals surface area contributed by atoms with Crippen molar-refractivity contribution < 1.29 is 14.3 Å². The van der Waals surface area contributed by atoms with Crippen LogP contribution in [0.3, 0.4) is 0 Å². The first kappa shape index (κ1) is 17.2. The Bertz CT molecular complexity index is 549. The molecular formula is C16H21FN2O2. The van der Waals surface area contributed by atoms with E-state index in [0.717, 1.165) is 5.56 Å². The number of aliphatic hydroxyl groups is 1. The van der Waals surface area contributed by atoms with E-state index in [1.165, 1.54) is 12.1 Å². The van der Waals surface area contributed by atoms with Gasteiger partial charge in [0.25, 0.3) is 0 Å². The highest BCUT2D eigenvalue weighted by Gasteiger charge is 2.14. The van der Waals surface area contributed by atoms with Gasteiger partial charge in [-0.3, -0.25) is 4.79 Å². The molecule has 1 aromatic rings. The van der Waals surface area contributed by atoms with Gasteiger partial charge in [-0.05, 0) is 24.7 Å². The summed E-state index contributed by atoms with van der Waals surface area (Å²) in [5.74, 6) is 4.78.